The van der Waals surface area contributed by atoms with Crippen LogP contribution in [0.2, 0.25) is 0 Å². The van der Waals surface area contributed by atoms with E-state index in [9.17, 15) is 9.18 Å². The van der Waals surface area contributed by atoms with Gasteiger partial charge in [-0.3, -0.25) is 4.79 Å². The molecule has 3 aromatic rings. The first-order chi connectivity index (χ1) is 17.0. The Labute approximate surface area is 206 Å². The highest BCUT2D eigenvalue weighted by Crippen LogP contribution is 2.34. The number of aryl methyl sites for hydroxylation is 1. The van der Waals surface area contributed by atoms with Gasteiger partial charge in [-0.2, -0.15) is 0 Å². The van der Waals surface area contributed by atoms with Crippen LogP contribution in [0, 0.1) is 5.82 Å². The van der Waals surface area contributed by atoms with Crippen LogP contribution in [0.1, 0.15) is 78.7 Å². The Hall–Kier alpha value is -2.86. The summed E-state index contributed by atoms with van der Waals surface area (Å²) in [6.07, 6.45) is 11.9. The monoisotopic (exact) mass is 474 g/mol. The molecule has 184 valence electrons. The van der Waals surface area contributed by atoms with Crippen LogP contribution in [0.3, 0.4) is 0 Å². The predicted octanol–water partition coefficient (Wildman–Crippen LogP) is 5.86. The van der Waals surface area contributed by atoms with E-state index in [4.69, 9.17) is 0 Å². The number of H-pyrrole nitrogens is 2. The topological polar surface area (TPSA) is 55.1 Å². The number of carbonyl (C=O) groups is 1. The highest BCUT2D eigenvalue weighted by atomic mass is 19.1. The maximum atomic E-state index is 13.5. The molecule has 35 heavy (non-hydrogen) atoms. The fourth-order valence-electron chi connectivity index (χ4n) is 6.43. The number of amides is 1. The zero-order valence-corrected chi connectivity index (χ0v) is 20.6. The second kappa shape index (κ2) is 9.30. The Kier molecular flexibility index (Phi) is 6.01. The van der Waals surface area contributed by atoms with Crippen molar-refractivity contribution in [3.8, 4) is 0 Å². The number of likely N-dealkylation sites (tertiary alicyclic amines) is 2. The van der Waals surface area contributed by atoms with Gasteiger partial charge >= 0.3 is 0 Å². The number of nitrogens with zero attached hydrogens (tertiary/aromatic N) is 2. The van der Waals surface area contributed by atoms with Crippen LogP contribution in [0.5, 0.6) is 0 Å². The number of halogens is 1. The molecule has 0 spiro atoms. The number of aromatic amines is 2. The Balaban J connectivity index is 1.04. The molecule has 5 nitrogen and oxygen atoms in total. The zero-order chi connectivity index (χ0) is 23.9. The van der Waals surface area contributed by atoms with E-state index in [-0.39, 0.29) is 11.7 Å². The average Bonchev–Trinajstić information content (AvgIpc) is 3.60. The first-order valence-electron chi connectivity index (χ1n) is 13.2. The molecule has 0 bridgehead atoms. The minimum Gasteiger partial charge on any atom is -0.361 e. The number of fused-ring (bicyclic) bond motifs is 2. The Bertz CT molecular complexity index is 1260. The zero-order valence-electron chi connectivity index (χ0n) is 20.6. The number of nitrogens with one attached hydrogen (secondary N) is 2. The third-order valence-electron chi connectivity index (χ3n) is 8.46. The van der Waals surface area contributed by atoms with E-state index >= 15 is 0 Å². The lowest BCUT2D eigenvalue weighted by molar-refractivity contribution is 0.0712. The lowest BCUT2D eigenvalue weighted by Gasteiger charge is -2.33. The number of piperidine rings is 1. The van der Waals surface area contributed by atoms with Crippen molar-refractivity contribution in [3.63, 3.8) is 0 Å². The molecule has 3 aliphatic rings. The van der Waals surface area contributed by atoms with E-state index in [2.05, 4.69) is 45.0 Å². The van der Waals surface area contributed by atoms with Gasteiger partial charge in [-0.15, -0.1) is 0 Å². The van der Waals surface area contributed by atoms with Gasteiger partial charge in [0.1, 0.15) is 11.5 Å². The minimum absolute atomic E-state index is 0.169. The summed E-state index contributed by atoms with van der Waals surface area (Å²) in [6.45, 7) is 6.23. The van der Waals surface area contributed by atoms with Crippen LogP contribution in [0.25, 0.3) is 17.0 Å². The lowest BCUT2D eigenvalue weighted by Crippen LogP contribution is -2.40. The van der Waals surface area contributed by atoms with Crippen molar-refractivity contribution in [2.75, 3.05) is 26.2 Å². The SMILES string of the molecule is CC1=Cc2[nH]c(C(=O)N3CCCC3CCN3CCC(c4c[nH]c5cc(F)ccc45)CC3)cc2CC1. The molecule has 2 N–H and O–H groups in total. The number of hydrogen-bond donors (Lipinski definition) is 2. The highest BCUT2D eigenvalue weighted by Gasteiger charge is 2.31. The summed E-state index contributed by atoms with van der Waals surface area (Å²) in [5.74, 6) is 0.497. The van der Waals surface area contributed by atoms with Crippen LogP contribution < -0.4 is 0 Å². The van der Waals surface area contributed by atoms with Crippen molar-refractivity contribution in [1.29, 1.82) is 0 Å². The van der Waals surface area contributed by atoms with E-state index in [1.165, 1.54) is 16.7 Å². The van der Waals surface area contributed by atoms with Gasteiger partial charge < -0.3 is 19.8 Å². The predicted molar refractivity (Wildman–Crippen MR) is 138 cm³/mol. The van der Waals surface area contributed by atoms with Crippen molar-refractivity contribution >= 4 is 22.9 Å². The number of aromatic nitrogens is 2. The summed E-state index contributed by atoms with van der Waals surface area (Å²) in [5, 5.41) is 1.15. The molecule has 4 heterocycles. The van der Waals surface area contributed by atoms with Crippen molar-refractivity contribution in [2.24, 2.45) is 0 Å². The van der Waals surface area contributed by atoms with Crippen molar-refractivity contribution < 1.29 is 9.18 Å². The second-order valence-corrected chi connectivity index (χ2v) is 10.7. The standard InChI is InChI=1S/C29H35FN4O/c1-19-4-5-21-16-28(32-26(21)15-19)29(35)34-11-2-3-23(34)10-14-33-12-8-20(9-13-33)25-18-31-27-17-22(30)6-7-24(25)27/h6-7,15-18,20,23,31-32H,2-5,8-14H2,1H3. The second-order valence-electron chi connectivity index (χ2n) is 10.7. The number of benzene rings is 1. The Morgan fingerprint density at radius 2 is 1.97 bits per heavy atom. The normalized spacial score (nSPS) is 21.5. The molecule has 2 fully saturated rings. The van der Waals surface area contributed by atoms with Gasteiger partial charge in [0.2, 0.25) is 0 Å². The van der Waals surface area contributed by atoms with Gasteiger partial charge in [-0.05, 0) is 112 Å². The third kappa shape index (κ3) is 4.44. The molecule has 6 rings (SSSR count). The fourth-order valence-corrected chi connectivity index (χ4v) is 6.43. The van der Waals surface area contributed by atoms with E-state index in [1.54, 1.807) is 12.1 Å². The molecule has 2 saturated heterocycles. The summed E-state index contributed by atoms with van der Waals surface area (Å²) >= 11 is 0. The molecule has 2 aromatic heterocycles. The van der Waals surface area contributed by atoms with E-state index < -0.39 is 0 Å². The summed E-state index contributed by atoms with van der Waals surface area (Å²) in [4.78, 5) is 24.7. The van der Waals surface area contributed by atoms with E-state index in [1.807, 2.05) is 6.07 Å². The molecule has 0 radical (unpaired) electrons. The van der Waals surface area contributed by atoms with Crippen LogP contribution in [0.4, 0.5) is 4.39 Å². The van der Waals surface area contributed by atoms with Crippen LogP contribution in [-0.2, 0) is 6.42 Å². The molecule has 6 heteroatoms. The average molecular weight is 475 g/mol. The lowest BCUT2D eigenvalue weighted by atomic mass is 9.89. The van der Waals surface area contributed by atoms with Crippen LogP contribution in [-0.4, -0.2) is 57.9 Å². The summed E-state index contributed by atoms with van der Waals surface area (Å²) < 4.78 is 13.5. The molecular formula is C29H35FN4O. The number of rotatable bonds is 5. The van der Waals surface area contributed by atoms with Gasteiger partial charge in [-0.25, -0.2) is 4.39 Å². The van der Waals surface area contributed by atoms with Crippen molar-refractivity contribution in [1.82, 2.24) is 19.8 Å². The largest absolute Gasteiger partial charge is 0.361 e. The molecular weight excluding hydrogens is 439 g/mol. The molecule has 1 atom stereocenters. The smallest absolute Gasteiger partial charge is 0.270 e. The van der Waals surface area contributed by atoms with Gasteiger partial charge in [0.05, 0.1) is 0 Å². The molecule has 2 aliphatic heterocycles. The Morgan fingerprint density at radius 3 is 2.83 bits per heavy atom. The maximum absolute atomic E-state index is 13.5. The molecule has 1 aliphatic carbocycles. The van der Waals surface area contributed by atoms with Crippen LogP contribution >= 0.6 is 0 Å². The van der Waals surface area contributed by atoms with Gasteiger partial charge in [0.25, 0.3) is 5.91 Å². The number of carbonyl (C=O) groups excluding carboxylic acids is 1. The van der Waals surface area contributed by atoms with Crippen molar-refractivity contribution in [2.45, 2.75) is 63.8 Å². The number of hydrogen-bond acceptors (Lipinski definition) is 2. The van der Waals surface area contributed by atoms with E-state index in [0.29, 0.717) is 12.0 Å². The summed E-state index contributed by atoms with van der Waals surface area (Å²) in [7, 11) is 0. The molecule has 1 unspecified atom stereocenters. The molecule has 1 amide bonds. The first kappa shape index (κ1) is 22.6. The molecule has 0 saturated carbocycles. The highest BCUT2D eigenvalue weighted by molar-refractivity contribution is 5.94. The third-order valence-corrected chi connectivity index (χ3v) is 8.46. The van der Waals surface area contributed by atoms with Crippen molar-refractivity contribution in [3.05, 3.63) is 64.4 Å². The first-order valence-corrected chi connectivity index (χ1v) is 13.2. The van der Waals surface area contributed by atoms with Gasteiger partial charge in [-0.1, -0.05) is 5.57 Å². The quantitative estimate of drug-likeness (QED) is 0.487. The van der Waals surface area contributed by atoms with Gasteiger partial charge in [0, 0.05) is 41.9 Å². The Morgan fingerprint density at radius 1 is 1.11 bits per heavy atom. The maximum Gasteiger partial charge on any atom is 0.270 e. The van der Waals surface area contributed by atoms with Crippen LogP contribution in [0.15, 0.2) is 36.0 Å². The number of allylic oxidation sites excluding steroid dienone is 1. The summed E-state index contributed by atoms with van der Waals surface area (Å²) in [6, 6.07) is 7.47. The summed E-state index contributed by atoms with van der Waals surface area (Å²) in [5.41, 5.74) is 6.74. The van der Waals surface area contributed by atoms with Gasteiger partial charge in [0.15, 0.2) is 0 Å². The fraction of sp³-hybridized carbons (Fsp3) is 0.483. The molecule has 1 aromatic carbocycles. The minimum atomic E-state index is -0.192. The van der Waals surface area contributed by atoms with E-state index in [0.717, 1.165) is 93.4 Å².